The van der Waals surface area contributed by atoms with Gasteiger partial charge in [-0.1, -0.05) is 13.8 Å². The van der Waals surface area contributed by atoms with E-state index in [9.17, 15) is 8.42 Å². The minimum absolute atomic E-state index is 0.126. The third-order valence-corrected chi connectivity index (χ3v) is 4.26. The Morgan fingerprint density at radius 3 is 2.32 bits per heavy atom. The summed E-state index contributed by atoms with van der Waals surface area (Å²) in [6, 6.07) is 4.88. The lowest BCUT2D eigenvalue weighted by molar-refractivity contribution is 0.335. The van der Waals surface area contributed by atoms with E-state index in [1.165, 1.54) is 0 Å². The monoisotopic (exact) mass is 285 g/mol. The molecule has 0 saturated carbocycles. The van der Waals surface area contributed by atoms with Crippen molar-refractivity contribution in [2.75, 3.05) is 6.61 Å². The molecule has 19 heavy (non-hydrogen) atoms. The topological polar surface area (TPSA) is 55.4 Å². The van der Waals surface area contributed by atoms with E-state index in [-0.39, 0.29) is 16.9 Å². The highest BCUT2D eigenvalue weighted by molar-refractivity contribution is 7.89. The quantitative estimate of drug-likeness (QED) is 0.874. The van der Waals surface area contributed by atoms with Crippen LogP contribution in [-0.2, 0) is 10.0 Å². The fraction of sp³-hybridized carbons (Fsp3) is 0.571. The summed E-state index contributed by atoms with van der Waals surface area (Å²) in [5, 5.41) is 0. The lowest BCUT2D eigenvalue weighted by Gasteiger charge is -2.16. The molecule has 0 spiro atoms. The first-order chi connectivity index (χ1) is 8.77. The van der Waals surface area contributed by atoms with Gasteiger partial charge in [-0.05, 0) is 50.5 Å². The van der Waals surface area contributed by atoms with Crippen LogP contribution in [0.15, 0.2) is 23.1 Å². The highest BCUT2D eigenvalue weighted by Gasteiger charge is 2.18. The Balaban J connectivity index is 3.22. The summed E-state index contributed by atoms with van der Waals surface area (Å²) in [5.41, 5.74) is 0.911. The minimum atomic E-state index is -3.45. The molecule has 0 unspecified atom stereocenters. The van der Waals surface area contributed by atoms with E-state index < -0.39 is 10.0 Å². The molecular formula is C14H23NO3S. The molecule has 0 saturated heterocycles. The molecule has 0 amide bonds. The molecule has 108 valence electrons. The molecular weight excluding hydrogens is 262 g/mol. The molecule has 0 fully saturated rings. The number of hydrogen-bond donors (Lipinski definition) is 1. The molecule has 1 rings (SSSR count). The van der Waals surface area contributed by atoms with Crippen molar-refractivity contribution in [2.45, 2.75) is 51.5 Å². The van der Waals surface area contributed by atoms with Gasteiger partial charge in [-0.2, -0.15) is 0 Å². The largest absolute Gasteiger partial charge is 0.494 e. The van der Waals surface area contributed by atoms with Crippen LogP contribution in [0.2, 0.25) is 0 Å². The van der Waals surface area contributed by atoms with Gasteiger partial charge in [0.15, 0.2) is 0 Å². The van der Waals surface area contributed by atoms with Crippen molar-refractivity contribution in [3.05, 3.63) is 23.8 Å². The summed E-state index contributed by atoms with van der Waals surface area (Å²) in [4.78, 5) is 0.286. The Kier molecular flexibility index (Phi) is 5.38. The van der Waals surface area contributed by atoms with Gasteiger partial charge in [0.25, 0.3) is 0 Å². The van der Waals surface area contributed by atoms with Gasteiger partial charge >= 0.3 is 0 Å². The minimum Gasteiger partial charge on any atom is -0.494 e. The van der Waals surface area contributed by atoms with Gasteiger partial charge in [-0.3, -0.25) is 0 Å². The molecule has 0 atom stereocenters. The smallest absolute Gasteiger partial charge is 0.240 e. The SMILES string of the molecule is CCOc1ccc(S(=O)(=O)NC(C)C)cc1C(C)C. The molecule has 0 aromatic heterocycles. The molecule has 1 N–H and O–H groups in total. The lowest BCUT2D eigenvalue weighted by Crippen LogP contribution is -2.30. The highest BCUT2D eigenvalue weighted by Crippen LogP contribution is 2.29. The summed E-state index contributed by atoms with van der Waals surface area (Å²) in [5.74, 6) is 0.955. The molecule has 0 radical (unpaired) electrons. The fourth-order valence-electron chi connectivity index (χ4n) is 1.81. The van der Waals surface area contributed by atoms with Crippen LogP contribution in [0.3, 0.4) is 0 Å². The predicted octanol–water partition coefficient (Wildman–Crippen LogP) is 2.90. The zero-order valence-corrected chi connectivity index (χ0v) is 13.0. The standard InChI is InChI=1S/C14H23NO3S/c1-6-18-14-8-7-12(9-13(14)10(2)3)19(16,17)15-11(4)5/h7-11,15H,6H2,1-5H3. The second-order valence-corrected chi connectivity index (χ2v) is 6.78. The lowest BCUT2D eigenvalue weighted by atomic mass is 10.0. The second-order valence-electron chi connectivity index (χ2n) is 5.06. The van der Waals surface area contributed by atoms with E-state index in [4.69, 9.17) is 4.74 Å². The Morgan fingerprint density at radius 2 is 1.84 bits per heavy atom. The number of benzene rings is 1. The van der Waals surface area contributed by atoms with E-state index in [1.807, 2.05) is 20.8 Å². The summed E-state index contributed by atoms with van der Waals surface area (Å²) in [6.45, 7) is 10.1. The van der Waals surface area contributed by atoms with Crippen LogP contribution >= 0.6 is 0 Å². The van der Waals surface area contributed by atoms with Crippen molar-refractivity contribution in [1.29, 1.82) is 0 Å². The van der Waals surface area contributed by atoms with Crippen LogP contribution in [0.4, 0.5) is 0 Å². The number of ether oxygens (including phenoxy) is 1. The molecule has 0 aliphatic carbocycles. The Morgan fingerprint density at radius 1 is 1.21 bits per heavy atom. The number of hydrogen-bond acceptors (Lipinski definition) is 3. The molecule has 0 aliphatic rings. The van der Waals surface area contributed by atoms with Gasteiger partial charge in [0, 0.05) is 6.04 Å². The second kappa shape index (κ2) is 6.39. The van der Waals surface area contributed by atoms with Crippen LogP contribution in [0.1, 0.15) is 46.1 Å². The number of nitrogens with one attached hydrogen (secondary N) is 1. The van der Waals surface area contributed by atoms with Crippen LogP contribution in [-0.4, -0.2) is 21.1 Å². The Bertz CT molecular complexity index is 521. The van der Waals surface area contributed by atoms with Gasteiger partial charge in [-0.15, -0.1) is 0 Å². The number of sulfonamides is 1. The maximum Gasteiger partial charge on any atom is 0.240 e. The normalized spacial score (nSPS) is 12.2. The number of rotatable bonds is 6. The highest BCUT2D eigenvalue weighted by atomic mass is 32.2. The maximum absolute atomic E-state index is 12.1. The molecule has 0 heterocycles. The third kappa shape index (κ3) is 4.21. The average molecular weight is 285 g/mol. The van der Waals surface area contributed by atoms with E-state index in [1.54, 1.807) is 32.0 Å². The van der Waals surface area contributed by atoms with Gasteiger partial charge in [0.1, 0.15) is 5.75 Å². The average Bonchev–Trinajstić information content (AvgIpc) is 2.27. The van der Waals surface area contributed by atoms with Crippen LogP contribution < -0.4 is 9.46 Å². The summed E-state index contributed by atoms with van der Waals surface area (Å²) < 4.78 is 32.4. The first kappa shape index (κ1) is 16.0. The van der Waals surface area contributed by atoms with E-state index in [0.29, 0.717) is 6.61 Å². The molecule has 0 bridgehead atoms. The molecule has 5 heteroatoms. The van der Waals surface area contributed by atoms with Crippen LogP contribution in [0.25, 0.3) is 0 Å². The third-order valence-electron chi connectivity index (χ3n) is 2.60. The van der Waals surface area contributed by atoms with E-state index >= 15 is 0 Å². The van der Waals surface area contributed by atoms with Crippen molar-refractivity contribution < 1.29 is 13.2 Å². The summed E-state index contributed by atoms with van der Waals surface area (Å²) in [6.07, 6.45) is 0. The Labute approximate surface area is 116 Å². The van der Waals surface area contributed by atoms with Crippen LogP contribution in [0, 0.1) is 0 Å². The van der Waals surface area contributed by atoms with Gasteiger partial charge in [0.2, 0.25) is 10.0 Å². The van der Waals surface area contributed by atoms with Crippen molar-refractivity contribution in [3.63, 3.8) is 0 Å². The maximum atomic E-state index is 12.1. The molecule has 4 nitrogen and oxygen atoms in total. The summed E-state index contributed by atoms with van der Waals surface area (Å²) >= 11 is 0. The van der Waals surface area contributed by atoms with Gasteiger partial charge in [0.05, 0.1) is 11.5 Å². The van der Waals surface area contributed by atoms with Gasteiger partial charge in [-0.25, -0.2) is 13.1 Å². The van der Waals surface area contributed by atoms with Crippen molar-refractivity contribution in [1.82, 2.24) is 4.72 Å². The summed E-state index contributed by atoms with van der Waals surface area (Å²) in [7, 11) is -3.45. The van der Waals surface area contributed by atoms with Crippen LogP contribution in [0.5, 0.6) is 5.75 Å². The molecule has 1 aromatic carbocycles. The molecule has 0 aliphatic heterocycles. The molecule has 1 aromatic rings. The van der Waals surface area contributed by atoms with Gasteiger partial charge < -0.3 is 4.74 Å². The van der Waals surface area contributed by atoms with Crippen molar-refractivity contribution in [3.8, 4) is 5.75 Å². The van der Waals surface area contributed by atoms with Crippen molar-refractivity contribution >= 4 is 10.0 Å². The predicted molar refractivity (Wildman–Crippen MR) is 77.2 cm³/mol. The first-order valence-corrected chi connectivity index (χ1v) is 8.05. The van der Waals surface area contributed by atoms with E-state index in [2.05, 4.69) is 4.72 Å². The Hall–Kier alpha value is -1.07. The fourth-order valence-corrected chi connectivity index (χ4v) is 3.10. The van der Waals surface area contributed by atoms with E-state index in [0.717, 1.165) is 11.3 Å². The zero-order chi connectivity index (χ0) is 14.6. The van der Waals surface area contributed by atoms with Crippen molar-refractivity contribution in [2.24, 2.45) is 0 Å². The zero-order valence-electron chi connectivity index (χ0n) is 12.2. The first-order valence-electron chi connectivity index (χ1n) is 6.57.